The topological polar surface area (TPSA) is 75.6 Å². The van der Waals surface area contributed by atoms with Crippen LogP contribution in [0.25, 0.3) is 11.0 Å². The molecule has 0 spiro atoms. The first kappa shape index (κ1) is 15.1. The molecule has 1 aliphatic rings. The molecule has 0 saturated heterocycles. The molecule has 1 aliphatic carbocycles. The van der Waals surface area contributed by atoms with Gasteiger partial charge in [0.25, 0.3) is 5.56 Å². The van der Waals surface area contributed by atoms with E-state index >= 15 is 0 Å². The van der Waals surface area contributed by atoms with Gasteiger partial charge in [-0.1, -0.05) is 19.8 Å². The number of anilines is 1. The predicted octanol–water partition coefficient (Wildman–Crippen LogP) is 2.87. The molecule has 0 atom stereocenters. The van der Waals surface area contributed by atoms with E-state index < -0.39 is 0 Å². The van der Waals surface area contributed by atoms with Crippen molar-refractivity contribution in [2.75, 3.05) is 11.9 Å². The van der Waals surface area contributed by atoms with Crippen molar-refractivity contribution in [2.45, 2.75) is 58.9 Å². The van der Waals surface area contributed by atoms with Gasteiger partial charge in [0.1, 0.15) is 5.39 Å². The van der Waals surface area contributed by atoms with Gasteiger partial charge in [0.2, 0.25) is 5.95 Å². The number of hydrogen-bond acceptors (Lipinski definition) is 4. The summed E-state index contributed by atoms with van der Waals surface area (Å²) in [4.78, 5) is 19.6. The lowest BCUT2D eigenvalue weighted by Gasteiger charge is -2.24. The molecule has 0 aliphatic heterocycles. The van der Waals surface area contributed by atoms with E-state index in [0.29, 0.717) is 22.4 Å². The minimum atomic E-state index is -0.211. The monoisotopic (exact) mass is 303 g/mol. The van der Waals surface area contributed by atoms with Gasteiger partial charge in [-0.2, -0.15) is 10.1 Å². The van der Waals surface area contributed by atoms with Crippen molar-refractivity contribution < 1.29 is 0 Å². The Morgan fingerprint density at radius 1 is 1.36 bits per heavy atom. The number of fused-ring (bicyclic) bond motifs is 1. The average molecular weight is 303 g/mol. The number of H-pyrrole nitrogens is 1. The zero-order valence-electron chi connectivity index (χ0n) is 13.9. The summed E-state index contributed by atoms with van der Waals surface area (Å²) in [7, 11) is 0. The Labute approximate surface area is 130 Å². The highest BCUT2D eigenvalue weighted by molar-refractivity contribution is 5.74. The van der Waals surface area contributed by atoms with Gasteiger partial charge < -0.3 is 5.32 Å². The Bertz CT molecular complexity index is 731. The number of nitrogens with zero attached hydrogens (tertiary/aromatic N) is 3. The summed E-state index contributed by atoms with van der Waals surface area (Å²) in [5.41, 5.74) is 0.588. The Kier molecular flexibility index (Phi) is 3.50. The number of nitrogens with one attached hydrogen (secondary N) is 2. The van der Waals surface area contributed by atoms with Crippen molar-refractivity contribution in [2.24, 2.45) is 5.41 Å². The van der Waals surface area contributed by atoms with Gasteiger partial charge in [0, 0.05) is 6.54 Å². The van der Waals surface area contributed by atoms with E-state index in [4.69, 9.17) is 0 Å². The van der Waals surface area contributed by atoms with Crippen LogP contribution in [0, 0.1) is 5.41 Å². The van der Waals surface area contributed by atoms with E-state index in [9.17, 15) is 4.79 Å². The molecule has 2 aromatic heterocycles. The van der Waals surface area contributed by atoms with E-state index in [1.54, 1.807) is 10.9 Å². The first-order valence-corrected chi connectivity index (χ1v) is 8.01. The molecule has 0 amide bonds. The van der Waals surface area contributed by atoms with Crippen LogP contribution in [0.4, 0.5) is 5.95 Å². The molecule has 1 saturated carbocycles. The Hall–Kier alpha value is -1.85. The van der Waals surface area contributed by atoms with Crippen molar-refractivity contribution in [3.63, 3.8) is 0 Å². The quantitative estimate of drug-likeness (QED) is 0.914. The van der Waals surface area contributed by atoms with Crippen LogP contribution in [-0.4, -0.2) is 26.3 Å². The summed E-state index contributed by atoms with van der Waals surface area (Å²) in [6.07, 6.45) is 6.63. The van der Waals surface area contributed by atoms with Gasteiger partial charge in [-0.3, -0.25) is 9.78 Å². The Morgan fingerprint density at radius 3 is 2.68 bits per heavy atom. The summed E-state index contributed by atoms with van der Waals surface area (Å²) in [5, 5.41) is 8.18. The third-order valence-corrected chi connectivity index (χ3v) is 4.57. The highest BCUT2D eigenvalue weighted by Crippen LogP contribution is 2.37. The van der Waals surface area contributed by atoms with Gasteiger partial charge in [-0.15, -0.1) is 0 Å². The van der Waals surface area contributed by atoms with Crippen LogP contribution in [-0.2, 0) is 5.54 Å². The molecular weight excluding hydrogens is 278 g/mol. The molecule has 6 heteroatoms. The molecule has 2 N–H and O–H groups in total. The maximum Gasteiger partial charge on any atom is 0.263 e. The number of aromatic nitrogens is 4. The highest BCUT2D eigenvalue weighted by atomic mass is 16.1. The molecule has 0 bridgehead atoms. The second kappa shape index (κ2) is 5.11. The lowest BCUT2D eigenvalue weighted by molar-refractivity contribution is 0.360. The van der Waals surface area contributed by atoms with Gasteiger partial charge >= 0.3 is 0 Å². The third kappa shape index (κ3) is 2.74. The summed E-state index contributed by atoms with van der Waals surface area (Å²) in [5.74, 6) is 0.539. The maximum absolute atomic E-state index is 12.2. The highest BCUT2D eigenvalue weighted by Gasteiger charge is 2.28. The number of hydrogen-bond donors (Lipinski definition) is 2. The standard InChI is InChI=1S/C16H25N5O/c1-15(2,3)21-12-11(9-18-21)13(22)20-14(19-12)17-10-16(4)7-5-6-8-16/h9H,5-8,10H2,1-4H3,(H2,17,19,20,22). The van der Waals surface area contributed by atoms with E-state index in [-0.39, 0.29) is 11.1 Å². The molecular formula is C16H25N5O. The molecule has 0 aromatic carbocycles. The summed E-state index contributed by atoms with van der Waals surface area (Å²) < 4.78 is 1.81. The summed E-state index contributed by atoms with van der Waals surface area (Å²) in [6.45, 7) is 9.28. The maximum atomic E-state index is 12.2. The number of rotatable bonds is 3. The predicted molar refractivity (Wildman–Crippen MR) is 88.2 cm³/mol. The summed E-state index contributed by atoms with van der Waals surface area (Å²) in [6, 6.07) is 0. The van der Waals surface area contributed by atoms with Crippen LogP contribution < -0.4 is 10.9 Å². The van der Waals surface area contributed by atoms with Crippen molar-refractivity contribution >= 4 is 17.0 Å². The van der Waals surface area contributed by atoms with Crippen LogP contribution in [0.1, 0.15) is 53.4 Å². The molecule has 0 unspecified atom stereocenters. The second-order valence-corrected chi connectivity index (χ2v) is 7.75. The Balaban J connectivity index is 1.92. The molecule has 6 nitrogen and oxygen atoms in total. The van der Waals surface area contributed by atoms with Gasteiger partial charge in [0.05, 0.1) is 11.7 Å². The molecule has 120 valence electrons. The van der Waals surface area contributed by atoms with Gasteiger partial charge in [0.15, 0.2) is 5.65 Å². The SMILES string of the molecule is CC1(CNc2nc3c(cnn3C(C)(C)C)c(=O)[nH]2)CCCC1. The van der Waals surface area contributed by atoms with E-state index in [0.717, 1.165) is 6.54 Å². The zero-order valence-corrected chi connectivity index (χ0v) is 13.9. The van der Waals surface area contributed by atoms with Crippen LogP contribution in [0.2, 0.25) is 0 Å². The van der Waals surface area contributed by atoms with Gasteiger partial charge in [-0.05, 0) is 39.0 Å². The Morgan fingerprint density at radius 2 is 2.05 bits per heavy atom. The molecule has 1 fully saturated rings. The van der Waals surface area contributed by atoms with Crippen LogP contribution in [0.5, 0.6) is 0 Å². The molecule has 3 rings (SSSR count). The van der Waals surface area contributed by atoms with Crippen LogP contribution in [0.3, 0.4) is 0 Å². The van der Waals surface area contributed by atoms with E-state index in [1.165, 1.54) is 25.7 Å². The van der Waals surface area contributed by atoms with Crippen molar-refractivity contribution in [3.8, 4) is 0 Å². The lowest BCUT2D eigenvalue weighted by atomic mass is 9.89. The van der Waals surface area contributed by atoms with Crippen LogP contribution >= 0.6 is 0 Å². The minimum Gasteiger partial charge on any atom is -0.355 e. The smallest absolute Gasteiger partial charge is 0.263 e. The average Bonchev–Trinajstić information content (AvgIpc) is 3.03. The summed E-state index contributed by atoms with van der Waals surface area (Å²) >= 11 is 0. The minimum absolute atomic E-state index is 0.139. The fourth-order valence-electron chi connectivity index (χ4n) is 3.20. The molecule has 2 heterocycles. The molecule has 0 radical (unpaired) electrons. The normalized spacial score (nSPS) is 18.0. The van der Waals surface area contributed by atoms with Crippen molar-refractivity contribution in [1.82, 2.24) is 19.7 Å². The second-order valence-electron chi connectivity index (χ2n) is 7.75. The first-order valence-electron chi connectivity index (χ1n) is 8.01. The zero-order chi connectivity index (χ0) is 16.0. The fraction of sp³-hybridized carbons (Fsp3) is 0.688. The van der Waals surface area contributed by atoms with E-state index in [2.05, 4.69) is 48.1 Å². The number of aromatic amines is 1. The van der Waals surface area contributed by atoms with Crippen LogP contribution in [0.15, 0.2) is 11.0 Å². The van der Waals surface area contributed by atoms with Crippen molar-refractivity contribution in [1.29, 1.82) is 0 Å². The van der Waals surface area contributed by atoms with Crippen molar-refractivity contribution in [3.05, 3.63) is 16.6 Å². The lowest BCUT2D eigenvalue weighted by Crippen LogP contribution is -2.26. The molecule has 22 heavy (non-hydrogen) atoms. The van der Waals surface area contributed by atoms with E-state index in [1.807, 2.05) is 0 Å². The van der Waals surface area contributed by atoms with Gasteiger partial charge in [-0.25, -0.2) is 4.68 Å². The third-order valence-electron chi connectivity index (χ3n) is 4.57. The largest absolute Gasteiger partial charge is 0.355 e. The fourth-order valence-corrected chi connectivity index (χ4v) is 3.20. The molecule has 2 aromatic rings. The first-order chi connectivity index (χ1) is 10.3.